The van der Waals surface area contributed by atoms with Crippen molar-refractivity contribution in [3.63, 3.8) is 0 Å². The summed E-state index contributed by atoms with van der Waals surface area (Å²) in [5.74, 6) is 0.857. The van der Waals surface area contributed by atoms with Gasteiger partial charge in [-0.15, -0.1) is 0 Å². The summed E-state index contributed by atoms with van der Waals surface area (Å²) >= 11 is 2.24. The Morgan fingerprint density at radius 2 is 2.29 bits per heavy atom. The van der Waals surface area contributed by atoms with E-state index in [0.29, 0.717) is 6.04 Å². The van der Waals surface area contributed by atoms with E-state index in [1.54, 1.807) is 4.68 Å². The van der Waals surface area contributed by atoms with Crippen LogP contribution >= 0.6 is 22.6 Å². The Balaban J connectivity index is 2.16. The van der Waals surface area contributed by atoms with E-state index in [0.717, 1.165) is 15.9 Å². The number of pyridine rings is 1. The van der Waals surface area contributed by atoms with Gasteiger partial charge in [-0.1, -0.05) is 13.8 Å². The molecule has 0 amide bonds. The van der Waals surface area contributed by atoms with Gasteiger partial charge in [0.25, 0.3) is 0 Å². The summed E-state index contributed by atoms with van der Waals surface area (Å²) in [5, 5.41) is 7.64. The Kier molecular flexibility index (Phi) is 4.11. The van der Waals surface area contributed by atoms with Crippen LogP contribution in [0.1, 0.15) is 19.4 Å². The lowest BCUT2D eigenvalue weighted by Gasteiger charge is -2.08. The molecule has 2 aromatic rings. The van der Waals surface area contributed by atoms with Crippen LogP contribution in [0.2, 0.25) is 0 Å². The average Bonchev–Trinajstić information content (AvgIpc) is 2.74. The highest BCUT2D eigenvalue weighted by Gasteiger charge is 2.02. The first-order chi connectivity index (χ1) is 8.15. The van der Waals surface area contributed by atoms with Gasteiger partial charge in [0, 0.05) is 25.0 Å². The molecule has 0 spiro atoms. The third-order valence-corrected chi connectivity index (χ3v) is 2.87. The molecule has 5 heteroatoms. The molecule has 0 unspecified atom stereocenters. The van der Waals surface area contributed by atoms with Crippen molar-refractivity contribution in [1.82, 2.24) is 20.1 Å². The number of nitrogens with zero attached hydrogens (tertiary/aromatic N) is 3. The Morgan fingerprint density at radius 3 is 2.94 bits per heavy atom. The highest BCUT2D eigenvalue weighted by molar-refractivity contribution is 14.1. The van der Waals surface area contributed by atoms with Crippen molar-refractivity contribution in [2.24, 2.45) is 0 Å². The fraction of sp³-hybridized carbons (Fsp3) is 0.333. The van der Waals surface area contributed by atoms with Gasteiger partial charge in [-0.2, -0.15) is 5.10 Å². The molecule has 2 rings (SSSR count). The van der Waals surface area contributed by atoms with Crippen molar-refractivity contribution in [3.8, 4) is 5.82 Å². The molecule has 17 heavy (non-hydrogen) atoms. The third-order valence-electron chi connectivity index (χ3n) is 2.31. The van der Waals surface area contributed by atoms with E-state index in [9.17, 15) is 0 Å². The monoisotopic (exact) mass is 342 g/mol. The van der Waals surface area contributed by atoms with Gasteiger partial charge < -0.3 is 5.32 Å². The first-order valence-corrected chi connectivity index (χ1v) is 6.62. The van der Waals surface area contributed by atoms with Crippen molar-refractivity contribution in [3.05, 3.63) is 39.9 Å². The molecule has 0 saturated carbocycles. The summed E-state index contributed by atoms with van der Waals surface area (Å²) in [7, 11) is 0. The molecule has 0 saturated heterocycles. The van der Waals surface area contributed by atoms with Crippen LogP contribution in [0.3, 0.4) is 0 Å². The fourth-order valence-electron chi connectivity index (χ4n) is 1.44. The Hall–Kier alpha value is -0.950. The number of aromatic nitrogens is 3. The second-order valence-corrected chi connectivity index (χ2v) is 5.41. The van der Waals surface area contributed by atoms with Gasteiger partial charge >= 0.3 is 0 Å². The number of hydrogen-bond donors (Lipinski definition) is 1. The van der Waals surface area contributed by atoms with Gasteiger partial charge in [0.05, 0.1) is 9.77 Å². The quantitative estimate of drug-likeness (QED) is 0.868. The van der Waals surface area contributed by atoms with Gasteiger partial charge in [-0.05, 0) is 40.3 Å². The van der Waals surface area contributed by atoms with Crippen LogP contribution in [-0.4, -0.2) is 20.8 Å². The van der Waals surface area contributed by atoms with Gasteiger partial charge in [-0.25, -0.2) is 9.67 Å². The van der Waals surface area contributed by atoms with E-state index in [2.05, 4.69) is 57.9 Å². The molecule has 1 N–H and O–H groups in total. The van der Waals surface area contributed by atoms with Crippen molar-refractivity contribution in [2.75, 3.05) is 0 Å². The lowest BCUT2D eigenvalue weighted by Crippen LogP contribution is -2.21. The molecule has 4 nitrogen and oxygen atoms in total. The van der Waals surface area contributed by atoms with Crippen molar-refractivity contribution >= 4 is 22.6 Å². The maximum atomic E-state index is 4.32. The van der Waals surface area contributed by atoms with Crippen LogP contribution < -0.4 is 5.32 Å². The molecule has 0 radical (unpaired) electrons. The summed E-state index contributed by atoms with van der Waals surface area (Å²) in [6.07, 6.45) is 5.60. The van der Waals surface area contributed by atoms with Crippen molar-refractivity contribution < 1.29 is 0 Å². The van der Waals surface area contributed by atoms with Crippen LogP contribution in [-0.2, 0) is 6.54 Å². The minimum absolute atomic E-state index is 0.484. The molecule has 2 heterocycles. The number of nitrogens with one attached hydrogen (secondary N) is 1. The molecule has 0 aliphatic rings. The molecule has 90 valence electrons. The predicted molar refractivity (Wildman–Crippen MR) is 76.1 cm³/mol. The number of halogens is 1. The van der Waals surface area contributed by atoms with E-state index in [1.165, 1.54) is 5.56 Å². The largest absolute Gasteiger partial charge is 0.310 e. The summed E-state index contributed by atoms with van der Waals surface area (Å²) in [6, 6.07) is 4.56. The van der Waals surface area contributed by atoms with E-state index < -0.39 is 0 Å². The fourth-order valence-corrected chi connectivity index (χ4v) is 1.83. The third kappa shape index (κ3) is 3.50. The molecule has 0 aliphatic heterocycles. The van der Waals surface area contributed by atoms with Crippen LogP contribution in [0.4, 0.5) is 0 Å². The highest BCUT2D eigenvalue weighted by Crippen LogP contribution is 2.09. The Labute approximate surface area is 115 Å². The molecule has 0 bridgehead atoms. The van der Waals surface area contributed by atoms with Gasteiger partial charge in [0.15, 0.2) is 5.82 Å². The highest BCUT2D eigenvalue weighted by atomic mass is 127. The maximum absolute atomic E-state index is 4.32. The first-order valence-electron chi connectivity index (χ1n) is 5.54. The Morgan fingerprint density at radius 1 is 1.47 bits per heavy atom. The topological polar surface area (TPSA) is 42.7 Å². The molecule has 0 fully saturated rings. The zero-order valence-corrected chi connectivity index (χ0v) is 12.0. The average molecular weight is 342 g/mol. The van der Waals surface area contributed by atoms with Crippen molar-refractivity contribution in [1.29, 1.82) is 0 Å². The van der Waals surface area contributed by atoms with Gasteiger partial charge in [0.2, 0.25) is 0 Å². The number of hydrogen-bond acceptors (Lipinski definition) is 3. The first kappa shape index (κ1) is 12.5. The number of rotatable bonds is 4. The Bertz CT molecular complexity index is 493. The molecule has 2 aromatic heterocycles. The van der Waals surface area contributed by atoms with Crippen LogP contribution in [0.25, 0.3) is 5.82 Å². The summed E-state index contributed by atoms with van der Waals surface area (Å²) < 4.78 is 2.90. The summed E-state index contributed by atoms with van der Waals surface area (Å²) in [6.45, 7) is 5.13. The smallest absolute Gasteiger partial charge is 0.153 e. The predicted octanol–water partition coefficient (Wildman–Crippen LogP) is 2.37. The molecular formula is C12H15IN4. The minimum Gasteiger partial charge on any atom is -0.310 e. The van der Waals surface area contributed by atoms with E-state index >= 15 is 0 Å². The van der Waals surface area contributed by atoms with E-state index in [1.807, 2.05) is 24.7 Å². The van der Waals surface area contributed by atoms with Gasteiger partial charge in [0.1, 0.15) is 0 Å². The standard InChI is InChI=1S/C12H15IN4/c1-9(2)15-6-10-3-4-14-12(5-10)17-8-11(13)7-16-17/h3-5,7-9,15H,6H2,1-2H3. The van der Waals surface area contributed by atoms with E-state index in [-0.39, 0.29) is 0 Å². The van der Waals surface area contributed by atoms with Crippen LogP contribution in [0.5, 0.6) is 0 Å². The molecular weight excluding hydrogens is 327 g/mol. The zero-order chi connectivity index (χ0) is 12.3. The second kappa shape index (κ2) is 5.59. The molecule has 0 aliphatic carbocycles. The lowest BCUT2D eigenvalue weighted by atomic mass is 10.2. The molecule has 0 aromatic carbocycles. The second-order valence-electron chi connectivity index (χ2n) is 4.16. The maximum Gasteiger partial charge on any atom is 0.153 e. The SMILES string of the molecule is CC(C)NCc1ccnc(-n2cc(I)cn2)c1. The lowest BCUT2D eigenvalue weighted by molar-refractivity contribution is 0.588. The van der Waals surface area contributed by atoms with E-state index in [4.69, 9.17) is 0 Å². The van der Waals surface area contributed by atoms with Crippen molar-refractivity contribution in [2.45, 2.75) is 26.4 Å². The van der Waals surface area contributed by atoms with Gasteiger partial charge in [-0.3, -0.25) is 0 Å². The summed E-state index contributed by atoms with van der Waals surface area (Å²) in [4.78, 5) is 4.32. The molecule has 0 atom stereocenters. The normalized spacial score (nSPS) is 11.1. The zero-order valence-electron chi connectivity index (χ0n) is 9.89. The van der Waals surface area contributed by atoms with Crippen LogP contribution in [0.15, 0.2) is 30.7 Å². The summed E-state index contributed by atoms with van der Waals surface area (Å²) in [5.41, 5.74) is 1.22. The van der Waals surface area contributed by atoms with Crippen LogP contribution in [0, 0.1) is 3.57 Å². The minimum atomic E-state index is 0.484.